The summed E-state index contributed by atoms with van der Waals surface area (Å²) in [6.07, 6.45) is 0. The summed E-state index contributed by atoms with van der Waals surface area (Å²) in [5.74, 6) is -0.773. The Morgan fingerprint density at radius 2 is 2.00 bits per heavy atom. The molecule has 2 atom stereocenters. The lowest BCUT2D eigenvalue weighted by atomic mass is 9.83. The van der Waals surface area contributed by atoms with E-state index in [0.717, 1.165) is 13.1 Å². The van der Waals surface area contributed by atoms with E-state index in [1.54, 1.807) is 0 Å². The van der Waals surface area contributed by atoms with Crippen molar-refractivity contribution in [3.05, 3.63) is 35.9 Å². The molecule has 0 amide bonds. The number of benzene rings is 1. The van der Waals surface area contributed by atoms with Crippen LogP contribution >= 0.6 is 0 Å². The van der Waals surface area contributed by atoms with Crippen molar-refractivity contribution in [3.8, 4) is 0 Å². The fourth-order valence-electron chi connectivity index (χ4n) is 3.20. The monoisotopic (exact) mass is 247 g/mol. The Kier molecular flexibility index (Phi) is 3.44. The second kappa shape index (κ2) is 4.73. The first kappa shape index (κ1) is 13.1. The summed E-state index contributed by atoms with van der Waals surface area (Å²) >= 11 is 0. The van der Waals surface area contributed by atoms with Gasteiger partial charge in [-0.15, -0.1) is 0 Å². The molecule has 1 fully saturated rings. The number of hydrogen-bond donors (Lipinski definition) is 1. The highest BCUT2D eigenvalue weighted by atomic mass is 16.4. The number of likely N-dealkylation sites (tertiary alicyclic amines) is 1. The highest BCUT2D eigenvalue weighted by molar-refractivity contribution is 5.72. The lowest BCUT2D eigenvalue weighted by molar-refractivity contribution is -0.145. The van der Waals surface area contributed by atoms with Crippen LogP contribution in [0.1, 0.15) is 26.3 Å². The largest absolute Gasteiger partial charge is 0.481 e. The average Bonchev–Trinajstić information content (AvgIpc) is 2.50. The summed E-state index contributed by atoms with van der Waals surface area (Å²) in [6.45, 7) is 7.78. The van der Waals surface area contributed by atoms with Gasteiger partial charge in [0, 0.05) is 18.6 Å². The molecule has 1 aromatic rings. The lowest BCUT2D eigenvalue weighted by Crippen LogP contribution is -2.44. The molecule has 0 aromatic heterocycles. The molecule has 1 aliphatic heterocycles. The molecule has 0 spiro atoms. The van der Waals surface area contributed by atoms with E-state index in [-0.39, 0.29) is 17.4 Å². The van der Waals surface area contributed by atoms with Gasteiger partial charge < -0.3 is 5.11 Å². The minimum absolute atomic E-state index is 0.196. The standard InChI is InChI=1S/C15H21NO2/c1-11-9-16(10-12-7-5-4-6-8-12)15(2,3)13(11)14(17)18/h4-8,11,13H,9-10H2,1-3H3,(H,17,18). The fourth-order valence-corrected chi connectivity index (χ4v) is 3.20. The maximum absolute atomic E-state index is 11.4. The molecule has 18 heavy (non-hydrogen) atoms. The number of carbonyl (C=O) groups is 1. The second-order valence-corrected chi connectivity index (χ2v) is 5.81. The van der Waals surface area contributed by atoms with Crippen LogP contribution in [0.4, 0.5) is 0 Å². The molecular weight excluding hydrogens is 226 g/mol. The predicted molar refractivity (Wildman–Crippen MR) is 71.2 cm³/mol. The van der Waals surface area contributed by atoms with E-state index in [4.69, 9.17) is 0 Å². The van der Waals surface area contributed by atoms with Crippen LogP contribution in [0.2, 0.25) is 0 Å². The maximum atomic E-state index is 11.4. The Morgan fingerprint density at radius 3 is 2.50 bits per heavy atom. The van der Waals surface area contributed by atoms with Gasteiger partial charge >= 0.3 is 5.97 Å². The second-order valence-electron chi connectivity index (χ2n) is 5.81. The predicted octanol–water partition coefficient (Wildman–Crippen LogP) is 2.62. The zero-order valence-electron chi connectivity index (χ0n) is 11.3. The van der Waals surface area contributed by atoms with Crippen LogP contribution < -0.4 is 0 Å². The molecule has 1 saturated heterocycles. The van der Waals surface area contributed by atoms with Crippen LogP contribution in [0, 0.1) is 11.8 Å². The van der Waals surface area contributed by atoms with Gasteiger partial charge in [0.05, 0.1) is 5.92 Å². The number of aliphatic carboxylic acids is 1. The van der Waals surface area contributed by atoms with Crippen LogP contribution in [0.15, 0.2) is 30.3 Å². The summed E-state index contributed by atoms with van der Waals surface area (Å²) in [5.41, 5.74) is 0.949. The number of nitrogens with zero attached hydrogens (tertiary/aromatic N) is 1. The molecule has 3 heteroatoms. The minimum atomic E-state index is -0.678. The van der Waals surface area contributed by atoms with Gasteiger partial charge in [0.25, 0.3) is 0 Å². The first-order valence-corrected chi connectivity index (χ1v) is 6.44. The van der Waals surface area contributed by atoms with Crippen molar-refractivity contribution in [2.75, 3.05) is 6.54 Å². The maximum Gasteiger partial charge on any atom is 0.308 e. The SMILES string of the molecule is CC1CN(Cc2ccccc2)C(C)(C)C1C(=O)O. The van der Waals surface area contributed by atoms with E-state index in [0.29, 0.717) is 0 Å². The van der Waals surface area contributed by atoms with Crippen LogP contribution in [0.5, 0.6) is 0 Å². The average molecular weight is 247 g/mol. The summed E-state index contributed by atoms with van der Waals surface area (Å²) in [7, 11) is 0. The van der Waals surface area contributed by atoms with Crippen molar-refractivity contribution in [2.45, 2.75) is 32.9 Å². The molecular formula is C15H21NO2. The Morgan fingerprint density at radius 1 is 1.39 bits per heavy atom. The Balaban J connectivity index is 2.18. The van der Waals surface area contributed by atoms with Gasteiger partial charge in [0.2, 0.25) is 0 Å². The van der Waals surface area contributed by atoms with Gasteiger partial charge in [0.1, 0.15) is 0 Å². The van der Waals surface area contributed by atoms with Gasteiger partial charge in [-0.3, -0.25) is 9.69 Å². The molecule has 1 aliphatic rings. The Labute approximate surface area is 108 Å². The van der Waals surface area contributed by atoms with Gasteiger partial charge in [-0.25, -0.2) is 0 Å². The van der Waals surface area contributed by atoms with Gasteiger partial charge in [-0.05, 0) is 25.3 Å². The molecule has 3 nitrogen and oxygen atoms in total. The molecule has 0 aliphatic carbocycles. The van der Waals surface area contributed by atoms with Crippen LogP contribution in [-0.4, -0.2) is 28.1 Å². The van der Waals surface area contributed by atoms with Crippen LogP contribution in [0.25, 0.3) is 0 Å². The van der Waals surface area contributed by atoms with E-state index >= 15 is 0 Å². The third-order valence-electron chi connectivity index (χ3n) is 4.14. The summed E-state index contributed by atoms with van der Waals surface area (Å²) in [6, 6.07) is 10.2. The summed E-state index contributed by atoms with van der Waals surface area (Å²) < 4.78 is 0. The van der Waals surface area contributed by atoms with Crippen molar-refractivity contribution in [3.63, 3.8) is 0 Å². The number of hydrogen-bond acceptors (Lipinski definition) is 2. The van der Waals surface area contributed by atoms with E-state index < -0.39 is 5.97 Å². The molecule has 0 bridgehead atoms. The van der Waals surface area contributed by atoms with E-state index in [1.165, 1.54) is 5.56 Å². The molecule has 1 aromatic carbocycles. The lowest BCUT2D eigenvalue weighted by Gasteiger charge is -2.34. The zero-order valence-corrected chi connectivity index (χ0v) is 11.3. The molecule has 0 radical (unpaired) electrons. The molecule has 98 valence electrons. The first-order chi connectivity index (χ1) is 8.43. The normalized spacial score (nSPS) is 27.3. The van der Waals surface area contributed by atoms with Crippen molar-refractivity contribution in [1.82, 2.24) is 4.90 Å². The highest BCUT2D eigenvalue weighted by Gasteiger charge is 2.49. The first-order valence-electron chi connectivity index (χ1n) is 6.44. The van der Waals surface area contributed by atoms with E-state index in [1.807, 2.05) is 39.0 Å². The minimum Gasteiger partial charge on any atom is -0.481 e. The number of rotatable bonds is 3. The smallest absolute Gasteiger partial charge is 0.308 e. The molecule has 0 saturated carbocycles. The fraction of sp³-hybridized carbons (Fsp3) is 0.533. The van der Waals surface area contributed by atoms with E-state index in [9.17, 15) is 9.90 Å². The number of carboxylic acid groups (broad SMARTS) is 1. The molecule has 1 N–H and O–H groups in total. The molecule has 2 unspecified atom stereocenters. The Bertz CT molecular complexity index is 427. The highest BCUT2D eigenvalue weighted by Crippen LogP contribution is 2.39. The van der Waals surface area contributed by atoms with Gasteiger partial charge in [-0.2, -0.15) is 0 Å². The van der Waals surface area contributed by atoms with Crippen molar-refractivity contribution in [2.24, 2.45) is 11.8 Å². The third-order valence-corrected chi connectivity index (χ3v) is 4.14. The third kappa shape index (κ3) is 2.27. The van der Waals surface area contributed by atoms with Gasteiger partial charge in [-0.1, -0.05) is 37.3 Å². The van der Waals surface area contributed by atoms with Crippen molar-refractivity contribution >= 4 is 5.97 Å². The van der Waals surface area contributed by atoms with E-state index in [2.05, 4.69) is 17.0 Å². The van der Waals surface area contributed by atoms with Crippen LogP contribution in [0.3, 0.4) is 0 Å². The van der Waals surface area contributed by atoms with Crippen molar-refractivity contribution < 1.29 is 9.90 Å². The number of carboxylic acids is 1. The quantitative estimate of drug-likeness (QED) is 0.892. The summed E-state index contributed by atoms with van der Waals surface area (Å²) in [4.78, 5) is 13.7. The van der Waals surface area contributed by atoms with Gasteiger partial charge in [0.15, 0.2) is 0 Å². The topological polar surface area (TPSA) is 40.5 Å². The Hall–Kier alpha value is -1.35. The van der Waals surface area contributed by atoms with Crippen molar-refractivity contribution in [1.29, 1.82) is 0 Å². The zero-order chi connectivity index (χ0) is 13.3. The van der Waals surface area contributed by atoms with Crippen LogP contribution in [-0.2, 0) is 11.3 Å². The summed E-state index contributed by atoms with van der Waals surface area (Å²) in [5, 5.41) is 9.38. The molecule has 1 heterocycles. The molecule has 2 rings (SSSR count).